The molecule has 0 N–H and O–H groups in total. The van der Waals surface area contributed by atoms with E-state index in [1.807, 2.05) is 25.1 Å². The molecule has 1 fully saturated rings. The molecule has 0 unspecified atom stereocenters. The van der Waals surface area contributed by atoms with Crippen LogP contribution in [-0.2, 0) is 9.31 Å². The van der Waals surface area contributed by atoms with Gasteiger partial charge >= 0.3 is 7.12 Å². The monoisotopic (exact) mass is 729 g/mol. The second-order valence-electron chi connectivity index (χ2n) is 15.6. The molecule has 0 bridgehead atoms. The van der Waals surface area contributed by atoms with Gasteiger partial charge in [-0.1, -0.05) is 134 Å². The van der Waals surface area contributed by atoms with Crippen molar-refractivity contribution in [2.45, 2.75) is 45.8 Å². The summed E-state index contributed by atoms with van der Waals surface area (Å²) in [5.74, 6) is 0. The minimum absolute atomic E-state index is 0.427. The molecule has 9 rings (SSSR count). The van der Waals surface area contributed by atoms with Crippen molar-refractivity contribution in [1.82, 2.24) is 0 Å². The SMILES string of the molecule is C=C(/C(=C\C=C/C)N(c1ccc(-c2cccc3c2oc2ccccc23)cc1)c1ccc2ccc3ccc(B4OC(C)(C)C(C)(C)O4)cc3c2c1)c1ccccc1. The summed E-state index contributed by atoms with van der Waals surface area (Å²) in [4.78, 5) is 2.32. The van der Waals surface area contributed by atoms with Gasteiger partial charge in [0.2, 0.25) is 0 Å². The van der Waals surface area contributed by atoms with Crippen molar-refractivity contribution in [3.63, 3.8) is 0 Å². The molecule has 0 saturated carbocycles. The molecule has 0 aliphatic carbocycles. The predicted molar refractivity (Wildman–Crippen MR) is 237 cm³/mol. The zero-order valence-corrected chi connectivity index (χ0v) is 32.5. The average molecular weight is 730 g/mol. The molecule has 1 aliphatic rings. The largest absolute Gasteiger partial charge is 0.494 e. The van der Waals surface area contributed by atoms with E-state index in [1.54, 1.807) is 0 Å². The number of allylic oxidation sites excluding steroid dienone is 4. The molecule has 0 spiro atoms. The number of para-hydroxylation sites is 2. The molecule has 274 valence electrons. The van der Waals surface area contributed by atoms with Gasteiger partial charge in [-0.15, -0.1) is 0 Å². The molecule has 1 aliphatic heterocycles. The number of fused-ring (bicyclic) bond motifs is 6. The Hall–Kier alpha value is -6.14. The molecular formula is C51H44BNO3. The minimum atomic E-state index is -0.451. The van der Waals surface area contributed by atoms with Crippen molar-refractivity contribution >= 4 is 73.0 Å². The van der Waals surface area contributed by atoms with Crippen molar-refractivity contribution in [2.24, 2.45) is 0 Å². The number of hydrogen-bond acceptors (Lipinski definition) is 4. The van der Waals surface area contributed by atoms with E-state index < -0.39 is 18.3 Å². The second-order valence-corrected chi connectivity index (χ2v) is 15.6. The fraction of sp³-hybridized carbons (Fsp3) is 0.137. The van der Waals surface area contributed by atoms with E-state index in [0.717, 1.165) is 88.3 Å². The Morgan fingerprint density at radius 1 is 0.625 bits per heavy atom. The van der Waals surface area contributed by atoms with Gasteiger partial charge in [-0.2, -0.15) is 0 Å². The van der Waals surface area contributed by atoms with Crippen LogP contribution >= 0.6 is 0 Å². The highest BCUT2D eigenvalue weighted by Crippen LogP contribution is 2.42. The summed E-state index contributed by atoms with van der Waals surface area (Å²) >= 11 is 0. The Labute approximate surface area is 329 Å². The van der Waals surface area contributed by atoms with E-state index in [1.165, 1.54) is 0 Å². The summed E-state index contributed by atoms with van der Waals surface area (Å²) in [5, 5.41) is 6.84. The predicted octanol–water partition coefficient (Wildman–Crippen LogP) is 13.2. The first-order valence-electron chi connectivity index (χ1n) is 19.3. The lowest BCUT2D eigenvalue weighted by atomic mass is 9.78. The summed E-state index contributed by atoms with van der Waals surface area (Å²) in [5.41, 5.74) is 9.06. The quantitative estimate of drug-likeness (QED) is 0.0886. The van der Waals surface area contributed by atoms with Gasteiger partial charge in [-0.05, 0) is 115 Å². The molecule has 2 heterocycles. The molecule has 1 saturated heterocycles. The minimum Gasteiger partial charge on any atom is -0.455 e. The Kier molecular flexibility index (Phi) is 8.80. The van der Waals surface area contributed by atoms with Crippen molar-refractivity contribution in [3.05, 3.63) is 182 Å². The maximum atomic E-state index is 6.49. The van der Waals surface area contributed by atoms with Gasteiger partial charge in [0.25, 0.3) is 0 Å². The number of nitrogens with zero attached hydrogens (tertiary/aromatic N) is 1. The van der Waals surface area contributed by atoms with E-state index in [4.69, 9.17) is 13.7 Å². The highest BCUT2D eigenvalue weighted by atomic mass is 16.7. The Morgan fingerprint density at radius 3 is 1.98 bits per heavy atom. The van der Waals surface area contributed by atoms with Gasteiger partial charge in [0.1, 0.15) is 11.2 Å². The Bertz CT molecular complexity index is 2830. The van der Waals surface area contributed by atoms with E-state index >= 15 is 0 Å². The average Bonchev–Trinajstić information content (AvgIpc) is 3.71. The number of furan rings is 1. The van der Waals surface area contributed by atoms with Gasteiger partial charge < -0.3 is 18.6 Å². The van der Waals surface area contributed by atoms with Gasteiger partial charge in [-0.3, -0.25) is 0 Å². The highest BCUT2D eigenvalue weighted by molar-refractivity contribution is 6.62. The van der Waals surface area contributed by atoms with Crippen LogP contribution in [0.1, 0.15) is 40.2 Å². The van der Waals surface area contributed by atoms with Crippen molar-refractivity contribution < 1.29 is 13.7 Å². The van der Waals surface area contributed by atoms with Gasteiger partial charge in [0, 0.05) is 27.7 Å². The third-order valence-corrected chi connectivity index (χ3v) is 11.6. The van der Waals surface area contributed by atoms with Crippen LogP contribution < -0.4 is 10.4 Å². The number of anilines is 2. The van der Waals surface area contributed by atoms with Crippen LogP contribution in [-0.4, -0.2) is 18.3 Å². The van der Waals surface area contributed by atoms with Crippen LogP contribution in [0.15, 0.2) is 181 Å². The normalized spacial score (nSPS) is 15.4. The van der Waals surface area contributed by atoms with Crippen molar-refractivity contribution in [1.29, 1.82) is 0 Å². The third-order valence-electron chi connectivity index (χ3n) is 11.6. The first-order valence-corrected chi connectivity index (χ1v) is 19.3. The standard InChI is InChI=1S/C51H44BNO3/c1-7-8-20-47(34(2)35-15-10-9-11-16-35)53(40-29-25-36(26-30-40)42-18-14-19-44-43-17-12-13-21-48(43)54-49(42)44)41-31-27-38-23-22-37-24-28-39(32-45(37)46(38)33-41)52-55-50(3,4)51(5,6)56-52/h7-33H,2H2,1,3-6H3/b8-7-,47-20+. The lowest BCUT2D eigenvalue weighted by Gasteiger charge is -2.32. The van der Waals surface area contributed by atoms with Crippen molar-refractivity contribution in [2.75, 3.05) is 4.90 Å². The van der Waals surface area contributed by atoms with E-state index in [9.17, 15) is 0 Å². The van der Waals surface area contributed by atoms with E-state index in [-0.39, 0.29) is 0 Å². The van der Waals surface area contributed by atoms with E-state index in [2.05, 4.69) is 185 Å². The second kappa shape index (κ2) is 13.9. The van der Waals surface area contributed by atoms with Gasteiger partial charge in [-0.25, -0.2) is 0 Å². The van der Waals surface area contributed by atoms with Crippen LogP contribution in [0, 0.1) is 0 Å². The van der Waals surface area contributed by atoms with E-state index in [0.29, 0.717) is 0 Å². The smallest absolute Gasteiger partial charge is 0.455 e. The van der Waals surface area contributed by atoms with Gasteiger partial charge in [0.15, 0.2) is 0 Å². The lowest BCUT2D eigenvalue weighted by Crippen LogP contribution is -2.41. The number of rotatable bonds is 8. The van der Waals surface area contributed by atoms with Crippen LogP contribution in [0.3, 0.4) is 0 Å². The molecule has 56 heavy (non-hydrogen) atoms. The molecule has 4 nitrogen and oxygen atoms in total. The fourth-order valence-electron chi connectivity index (χ4n) is 7.80. The van der Waals surface area contributed by atoms with Crippen LogP contribution in [0.2, 0.25) is 0 Å². The Morgan fingerprint density at radius 2 is 1.25 bits per heavy atom. The molecule has 0 atom stereocenters. The maximum absolute atomic E-state index is 6.49. The first kappa shape index (κ1) is 35.6. The summed E-state index contributed by atoms with van der Waals surface area (Å²) < 4.78 is 19.4. The Balaban J connectivity index is 1.20. The maximum Gasteiger partial charge on any atom is 0.494 e. The molecule has 1 aromatic heterocycles. The fourth-order valence-corrected chi connectivity index (χ4v) is 7.80. The summed E-state index contributed by atoms with van der Waals surface area (Å²) in [7, 11) is -0.451. The number of hydrogen-bond donors (Lipinski definition) is 0. The summed E-state index contributed by atoms with van der Waals surface area (Å²) in [6.45, 7) is 15.1. The van der Waals surface area contributed by atoms with Crippen LogP contribution in [0.4, 0.5) is 11.4 Å². The van der Waals surface area contributed by atoms with Crippen LogP contribution in [0.5, 0.6) is 0 Å². The topological polar surface area (TPSA) is 34.8 Å². The molecule has 5 heteroatoms. The van der Waals surface area contributed by atoms with Crippen molar-refractivity contribution in [3.8, 4) is 11.1 Å². The third kappa shape index (κ3) is 6.14. The summed E-state index contributed by atoms with van der Waals surface area (Å²) in [6.07, 6.45) is 6.29. The first-order chi connectivity index (χ1) is 27.1. The molecule has 7 aromatic carbocycles. The number of benzene rings is 7. The van der Waals surface area contributed by atoms with Gasteiger partial charge in [0.05, 0.1) is 16.9 Å². The molecular weight excluding hydrogens is 685 g/mol. The van der Waals surface area contributed by atoms with Crippen LogP contribution in [0.25, 0.3) is 60.2 Å². The zero-order chi connectivity index (χ0) is 38.6. The highest BCUT2D eigenvalue weighted by Gasteiger charge is 2.51. The molecule has 0 amide bonds. The summed E-state index contributed by atoms with van der Waals surface area (Å²) in [6, 6.07) is 51.4. The zero-order valence-electron chi connectivity index (χ0n) is 32.5. The molecule has 0 radical (unpaired) electrons. The lowest BCUT2D eigenvalue weighted by molar-refractivity contribution is 0.00578. The molecule has 8 aromatic rings.